The van der Waals surface area contributed by atoms with Crippen molar-refractivity contribution in [3.05, 3.63) is 40.1 Å². The van der Waals surface area contributed by atoms with Gasteiger partial charge in [0, 0.05) is 12.1 Å². The van der Waals surface area contributed by atoms with Crippen LogP contribution < -0.4 is 5.56 Å². The molecule has 0 radical (unpaired) electrons. The molecule has 0 amide bonds. The largest absolute Gasteiger partial charge is 0.291 e. The molecule has 0 aliphatic carbocycles. The molecule has 0 spiro atoms. The van der Waals surface area contributed by atoms with Gasteiger partial charge in [0.1, 0.15) is 17.3 Å². The lowest BCUT2D eigenvalue weighted by Crippen LogP contribution is -2.22. The summed E-state index contributed by atoms with van der Waals surface area (Å²) in [6, 6.07) is 1.47. The summed E-state index contributed by atoms with van der Waals surface area (Å²) >= 11 is 5.62. The molecule has 17 heavy (non-hydrogen) atoms. The van der Waals surface area contributed by atoms with Gasteiger partial charge in [0.15, 0.2) is 0 Å². The van der Waals surface area contributed by atoms with Gasteiger partial charge in [-0.1, -0.05) is 11.6 Å². The summed E-state index contributed by atoms with van der Waals surface area (Å²) in [5, 5.41) is 4.29. The highest BCUT2D eigenvalue weighted by atomic mass is 35.5. The minimum atomic E-state index is -0.205. The predicted molar refractivity (Wildman–Crippen MR) is 63.0 cm³/mol. The normalized spacial score (nSPS) is 11.1. The molecular weight excluding hydrogens is 242 g/mol. The lowest BCUT2D eigenvalue weighted by Gasteiger charge is -2.10. The monoisotopic (exact) mass is 253 g/mol. The van der Waals surface area contributed by atoms with Crippen LogP contribution >= 0.6 is 11.6 Å². The van der Waals surface area contributed by atoms with Gasteiger partial charge in [-0.25, -0.2) is 14.6 Å². The highest BCUT2D eigenvalue weighted by molar-refractivity contribution is 6.29. The number of aromatic nitrogens is 5. The zero-order valence-corrected chi connectivity index (χ0v) is 10.3. The number of nitrogens with zero attached hydrogens (tertiary/aromatic N) is 5. The first kappa shape index (κ1) is 11.8. The van der Waals surface area contributed by atoms with E-state index in [2.05, 4.69) is 15.1 Å². The van der Waals surface area contributed by atoms with E-state index in [1.807, 2.05) is 13.8 Å². The number of hydrogen-bond donors (Lipinski definition) is 0. The Morgan fingerprint density at radius 2 is 2.18 bits per heavy atom. The van der Waals surface area contributed by atoms with E-state index in [0.717, 1.165) is 0 Å². The third-order valence-electron chi connectivity index (χ3n) is 2.29. The molecule has 0 bridgehead atoms. The van der Waals surface area contributed by atoms with E-state index in [1.165, 1.54) is 23.3 Å². The van der Waals surface area contributed by atoms with Crippen molar-refractivity contribution in [1.82, 2.24) is 24.3 Å². The van der Waals surface area contributed by atoms with Crippen molar-refractivity contribution < 1.29 is 0 Å². The fourth-order valence-electron chi connectivity index (χ4n) is 1.49. The van der Waals surface area contributed by atoms with Gasteiger partial charge in [0.05, 0.1) is 12.9 Å². The van der Waals surface area contributed by atoms with Gasteiger partial charge in [-0.3, -0.25) is 9.36 Å². The first-order valence-corrected chi connectivity index (χ1v) is 5.56. The SMILES string of the molecule is CC(C)n1ncnc1Cn1cnc(Cl)cc1=O. The highest BCUT2D eigenvalue weighted by Crippen LogP contribution is 2.06. The second-order valence-corrected chi connectivity index (χ2v) is 4.28. The summed E-state index contributed by atoms with van der Waals surface area (Å²) < 4.78 is 3.20. The highest BCUT2D eigenvalue weighted by Gasteiger charge is 2.09. The molecule has 6 nitrogen and oxygen atoms in total. The molecule has 90 valence electrons. The molecule has 0 aliphatic heterocycles. The van der Waals surface area contributed by atoms with Gasteiger partial charge in [-0.15, -0.1) is 0 Å². The average Bonchev–Trinajstić information content (AvgIpc) is 2.70. The van der Waals surface area contributed by atoms with E-state index in [-0.39, 0.29) is 16.8 Å². The Balaban J connectivity index is 2.32. The Morgan fingerprint density at radius 1 is 1.41 bits per heavy atom. The van der Waals surface area contributed by atoms with E-state index in [0.29, 0.717) is 12.4 Å². The van der Waals surface area contributed by atoms with Crippen LogP contribution in [0.15, 0.2) is 23.5 Å². The van der Waals surface area contributed by atoms with Crippen molar-refractivity contribution in [2.24, 2.45) is 0 Å². The van der Waals surface area contributed by atoms with Gasteiger partial charge in [-0.05, 0) is 13.8 Å². The minimum Gasteiger partial charge on any atom is -0.291 e. The summed E-state index contributed by atoms with van der Waals surface area (Å²) in [6.07, 6.45) is 2.88. The standard InChI is InChI=1S/C10H12ClN5O/c1-7(2)16-9(12-5-14-16)4-15-6-13-8(11)3-10(15)17/h3,5-7H,4H2,1-2H3. The van der Waals surface area contributed by atoms with Crippen molar-refractivity contribution >= 4 is 11.6 Å². The second kappa shape index (κ2) is 4.67. The molecule has 2 rings (SSSR count). The fourth-order valence-corrected chi connectivity index (χ4v) is 1.63. The molecule has 0 aromatic carbocycles. The average molecular weight is 254 g/mol. The maximum absolute atomic E-state index is 11.6. The van der Waals surface area contributed by atoms with Crippen molar-refractivity contribution in [3.8, 4) is 0 Å². The van der Waals surface area contributed by atoms with Gasteiger partial charge in [-0.2, -0.15) is 5.10 Å². The van der Waals surface area contributed by atoms with E-state index >= 15 is 0 Å². The summed E-state index contributed by atoms with van der Waals surface area (Å²) in [6.45, 7) is 4.34. The molecule has 0 saturated carbocycles. The summed E-state index contributed by atoms with van der Waals surface area (Å²) in [5.74, 6) is 0.714. The molecule has 0 atom stereocenters. The number of hydrogen-bond acceptors (Lipinski definition) is 4. The predicted octanol–water partition coefficient (Wildman–Crippen LogP) is 1.12. The molecule has 0 fully saturated rings. The van der Waals surface area contributed by atoms with Crippen molar-refractivity contribution in [2.75, 3.05) is 0 Å². The molecule has 0 saturated heterocycles. The molecule has 2 heterocycles. The van der Waals surface area contributed by atoms with Crippen LogP contribution in [0.2, 0.25) is 5.15 Å². The summed E-state index contributed by atoms with van der Waals surface area (Å²) in [4.78, 5) is 19.6. The number of halogens is 1. The minimum absolute atomic E-state index is 0.191. The van der Waals surface area contributed by atoms with Crippen molar-refractivity contribution in [1.29, 1.82) is 0 Å². The van der Waals surface area contributed by atoms with Crippen LogP contribution in [-0.4, -0.2) is 24.3 Å². The zero-order valence-electron chi connectivity index (χ0n) is 9.54. The van der Waals surface area contributed by atoms with Crippen LogP contribution in [0.3, 0.4) is 0 Å². The quantitative estimate of drug-likeness (QED) is 0.769. The van der Waals surface area contributed by atoms with Crippen LogP contribution in [0.4, 0.5) is 0 Å². The summed E-state index contributed by atoms with van der Waals surface area (Å²) in [7, 11) is 0. The van der Waals surface area contributed by atoms with Crippen LogP contribution in [0.5, 0.6) is 0 Å². The lowest BCUT2D eigenvalue weighted by atomic mass is 10.4. The zero-order chi connectivity index (χ0) is 12.4. The first-order valence-electron chi connectivity index (χ1n) is 5.18. The molecule has 2 aromatic rings. The fraction of sp³-hybridized carbons (Fsp3) is 0.400. The Morgan fingerprint density at radius 3 is 2.82 bits per heavy atom. The molecule has 0 aliphatic rings. The van der Waals surface area contributed by atoms with Crippen LogP contribution in [0.1, 0.15) is 25.7 Å². The van der Waals surface area contributed by atoms with Crippen molar-refractivity contribution in [3.63, 3.8) is 0 Å². The van der Waals surface area contributed by atoms with Gasteiger partial charge >= 0.3 is 0 Å². The number of rotatable bonds is 3. The van der Waals surface area contributed by atoms with Crippen LogP contribution in [0.25, 0.3) is 0 Å². The van der Waals surface area contributed by atoms with Gasteiger partial charge in [0.2, 0.25) is 0 Å². The Bertz CT molecular complexity index is 574. The van der Waals surface area contributed by atoms with E-state index in [9.17, 15) is 4.79 Å². The lowest BCUT2D eigenvalue weighted by molar-refractivity contribution is 0.493. The Hall–Kier alpha value is -1.69. The molecule has 2 aromatic heterocycles. The topological polar surface area (TPSA) is 65.6 Å². The smallest absolute Gasteiger partial charge is 0.255 e. The van der Waals surface area contributed by atoms with E-state index in [1.54, 1.807) is 4.68 Å². The van der Waals surface area contributed by atoms with Gasteiger partial charge in [0.25, 0.3) is 5.56 Å². The second-order valence-electron chi connectivity index (χ2n) is 3.89. The van der Waals surface area contributed by atoms with Crippen LogP contribution in [0, 0.1) is 0 Å². The molecule has 0 unspecified atom stereocenters. The first-order chi connectivity index (χ1) is 8.08. The van der Waals surface area contributed by atoms with E-state index in [4.69, 9.17) is 11.6 Å². The molecule has 7 heteroatoms. The Labute approximate surface area is 103 Å². The maximum Gasteiger partial charge on any atom is 0.255 e. The Kier molecular flexibility index (Phi) is 3.23. The third-order valence-corrected chi connectivity index (χ3v) is 2.50. The summed E-state index contributed by atoms with van der Waals surface area (Å²) in [5.41, 5.74) is -0.205. The van der Waals surface area contributed by atoms with Crippen LogP contribution in [-0.2, 0) is 6.54 Å². The van der Waals surface area contributed by atoms with Crippen molar-refractivity contribution in [2.45, 2.75) is 26.4 Å². The molecular formula is C10H12ClN5O. The maximum atomic E-state index is 11.6. The van der Waals surface area contributed by atoms with Gasteiger partial charge < -0.3 is 0 Å². The molecule has 0 N–H and O–H groups in total. The van der Waals surface area contributed by atoms with E-state index < -0.39 is 0 Å². The third kappa shape index (κ3) is 2.52.